The van der Waals surface area contributed by atoms with Gasteiger partial charge in [0.1, 0.15) is 0 Å². The lowest BCUT2D eigenvalue weighted by molar-refractivity contribution is -0.141. The highest BCUT2D eigenvalue weighted by Gasteiger charge is 2.30. The molecule has 2 amide bonds. The molecule has 2 atom stereocenters. The zero-order chi connectivity index (χ0) is 15.2. The molecule has 0 aliphatic heterocycles. The minimum atomic E-state index is -0.760. The lowest BCUT2D eigenvalue weighted by Gasteiger charge is -2.21. The van der Waals surface area contributed by atoms with Crippen LogP contribution in [-0.4, -0.2) is 41.6 Å². The topological polar surface area (TPSA) is 69.6 Å². The summed E-state index contributed by atoms with van der Waals surface area (Å²) in [5, 5.41) is 11.9. The third-order valence-corrected chi connectivity index (χ3v) is 4.03. The second-order valence-electron chi connectivity index (χ2n) is 5.65. The number of carbonyl (C=O) groups is 2. The van der Waals surface area contributed by atoms with Crippen molar-refractivity contribution in [2.75, 3.05) is 13.6 Å². The zero-order valence-corrected chi connectivity index (χ0v) is 12.3. The Morgan fingerprint density at radius 3 is 2.62 bits per heavy atom. The first kappa shape index (κ1) is 15.4. The van der Waals surface area contributed by atoms with Crippen LogP contribution in [0.15, 0.2) is 30.3 Å². The number of nitrogens with zero attached hydrogens (tertiary/aromatic N) is 1. The maximum Gasteiger partial charge on any atom is 0.317 e. The molecule has 2 rings (SSSR count). The van der Waals surface area contributed by atoms with Gasteiger partial charge in [-0.3, -0.25) is 4.79 Å². The van der Waals surface area contributed by atoms with E-state index in [2.05, 4.69) is 5.32 Å². The molecule has 1 saturated carbocycles. The number of rotatable bonds is 5. The zero-order valence-electron chi connectivity index (χ0n) is 12.3. The smallest absolute Gasteiger partial charge is 0.317 e. The summed E-state index contributed by atoms with van der Waals surface area (Å²) in [4.78, 5) is 24.6. The highest BCUT2D eigenvalue weighted by molar-refractivity contribution is 5.75. The Kier molecular flexibility index (Phi) is 5.20. The number of benzene rings is 1. The van der Waals surface area contributed by atoms with Crippen molar-refractivity contribution in [3.05, 3.63) is 35.9 Å². The van der Waals surface area contributed by atoms with Crippen LogP contribution >= 0.6 is 0 Å². The minimum Gasteiger partial charge on any atom is -0.481 e. The SMILES string of the molecule is CN(CCc1ccccc1)C(=O)NC1CCC(C(=O)O)C1. The van der Waals surface area contributed by atoms with Gasteiger partial charge in [0.25, 0.3) is 0 Å². The number of urea groups is 1. The van der Waals surface area contributed by atoms with Crippen LogP contribution in [0, 0.1) is 5.92 Å². The van der Waals surface area contributed by atoms with Gasteiger partial charge < -0.3 is 15.3 Å². The fourth-order valence-electron chi connectivity index (χ4n) is 2.66. The molecule has 1 aromatic carbocycles. The molecule has 0 spiro atoms. The molecule has 0 radical (unpaired) electrons. The number of aliphatic carboxylic acids is 1. The van der Waals surface area contributed by atoms with E-state index in [9.17, 15) is 9.59 Å². The molecule has 5 heteroatoms. The van der Waals surface area contributed by atoms with E-state index in [1.807, 2.05) is 30.3 Å². The van der Waals surface area contributed by atoms with Crippen LogP contribution in [0.3, 0.4) is 0 Å². The van der Waals surface area contributed by atoms with Gasteiger partial charge in [-0.2, -0.15) is 0 Å². The standard InChI is InChI=1S/C16H22N2O3/c1-18(10-9-12-5-3-2-4-6-12)16(21)17-14-8-7-13(11-14)15(19)20/h2-6,13-14H,7-11H2,1H3,(H,17,21)(H,19,20). The molecule has 1 aliphatic rings. The van der Waals surface area contributed by atoms with E-state index in [-0.39, 0.29) is 18.0 Å². The van der Waals surface area contributed by atoms with Crippen molar-refractivity contribution in [1.82, 2.24) is 10.2 Å². The van der Waals surface area contributed by atoms with Crippen molar-refractivity contribution in [1.29, 1.82) is 0 Å². The fraction of sp³-hybridized carbons (Fsp3) is 0.500. The molecular weight excluding hydrogens is 268 g/mol. The number of likely N-dealkylation sites (N-methyl/N-ethyl adjacent to an activating group) is 1. The lowest BCUT2D eigenvalue weighted by Crippen LogP contribution is -2.43. The van der Waals surface area contributed by atoms with Gasteiger partial charge in [0, 0.05) is 19.6 Å². The van der Waals surface area contributed by atoms with Crippen LogP contribution in [0.4, 0.5) is 4.79 Å². The monoisotopic (exact) mass is 290 g/mol. The normalized spacial score (nSPS) is 21.0. The van der Waals surface area contributed by atoms with Crippen molar-refractivity contribution in [3.63, 3.8) is 0 Å². The summed E-state index contributed by atoms with van der Waals surface area (Å²) < 4.78 is 0. The number of hydrogen-bond acceptors (Lipinski definition) is 2. The molecular formula is C16H22N2O3. The van der Waals surface area contributed by atoms with Gasteiger partial charge in [0.05, 0.1) is 5.92 Å². The summed E-state index contributed by atoms with van der Waals surface area (Å²) in [6.45, 7) is 0.644. The van der Waals surface area contributed by atoms with Gasteiger partial charge in [0.2, 0.25) is 0 Å². The minimum absolute atomic E-state index is 0.0159. The summed E-state index contributed by atoms with van der Waals surface area (Å²) in [5.74, 6) is -1.07. The van der Waals surface area contributed by atoms with E-state index in [0.717, 1.165) is 12.8 Å². The first-order chi connectivity index (χ1) is 10.1. The van der Waals surface area contributed by atoms with E-state index >= 15 is 0 Å². The van der Waals surface area contributed by atoms with Crippen molar-refractivity contribution < 1.29 is 14.7 Å². The van der Waals surface area contributed by atoms with Crippen LogP contribution in [-0.2, 0) is 11.2 Å². The maximum absolute atomic E-state index is 12.1. The Morgan fingerprint density at radius 1 is 1.29 bits per heavy atom. The van der Waals surface area contributed by atoms with Gasteiger partial charge in [-0.15, -0.1) is 0 Å². The van der Waals surface area contributed by atoms with Crippen LogP contribution < -0.4 is 5.32 Å². The first-order valence-electron chi connectivity index (χ1n) is 7.34. The quantitative estimate of drug-likeness (QED) is 0.872. The van der Waals surface area contributed by atoms with E-state index in [0.29, 0.717) is 19.4 Å². The Balaban J connectivity index is 1.74. The second-order valence-corrected chi connectivity index (χ2v) is 5.65. The van der Waals surface area contributed by atoms with Gasteiger partial charge in [-0.1, -0.05) is 30.3 Å². The number of hydrogen-bond donors (Lipinski definition) is 2. The van der Waals surface area contributed by atoms with Crippen molar-refractivity contribution in [2.24, 2.45) is 5.92 Å². The van der Waals surface area contributed by atoms with E-state index < -0.39 is 5.97 Å². The molecule has 0 bridgehead atoms. The predicted molar refractivity (Wildman–Crippen MR) is 80.1 cm³/mol. The Labute approximate surface area is 125 Å². The van der Waals surface area contributed by atoms with Gasteiger partial charge in [-0.25, -0.2) is 4.79 Å². The summed E-state index contributed by atoms with van der Waals surface area (Å²) in [6, 6.07) is 9.89. The number of carbonyl (C=O) groups excluding carboxylic acids is 1. The number of nitrogens with one attached hydrogen (secondary N) is 1. The highest BCUT2D eigenvalue weighted by Crippen LogP contribution is 2.25. The van der Waals surface area contributed by atoms with Crippen LogP contribution in [0.2, 0.25) is 0 Å². The van der Waals surface area contributed by atoms with Crippen molar-refractivity contribution >= 4 is 12.0 Å². The third kappa shape index (κ3) is 4.48. The van der Waals surface area contributed by atoms with E-state index in [1.54, 1.807) is 11.9 Å². The van der Waals surface area contributed by atoms with Gasteiger partial charge in [-0.05, 0) is 31.2 Å². The van der Waals surface area contributed by atoms with Crippen molar-refractivity contribution in [3.8, 4) is 0 Å². The Bertz CT molecular complexity index is 490. The summed E-state index contributed by atoms with van der Waals surface area (Å²) in [7, 11) is 1.77. The average molecular weight is 290 g/mol. The van der Waals surface area contributed by atoms with Gasteiger partial charge in [0.15, 0.2) is 0 Å². The molecule has 5 nitrogen and oxygen atoms in total. The molecule has 114 valence electrons. The largest absolute Gasteiger partial charge is 0.481 e. The average Bonchev–Trinajstić information content (AvgIpc) is 2.94. The van der Waals surface area contributed by atoms with Crippen molar-refractivity contribution in [2.45, 2.75) is 31.7 Å². The Hall–Kier alpha value is -2.04. The number of amides is 2. The number of carboxylic acid groups (broad SMARTS) is 1. The predicted octanol–water partition coefficient (Wildman–Crippen LogP) is 2.12. The van der Waals surface area contributed by atoms with E-state index in [4.69, 9.17) is 5.11 Å². The van der Waals surface area contributed by atoms with Gasteiger partial charge >= 0.3 is 12.0 Å². The molecule has 1 aliphatic carbocycles. The molecule has 0 saturated heterocycles. The summed E-state index contributed by atoms with van der Waals surface area (Å²) >= 11 is 0. The van der Waals surface area contributed by atoms with Crippen LogP contribution in [0.25, 0.3) is 0 Å². The summed E-state index contributed by atoms with van der Waals surface area (Å²) in [6.07, 6.45) is 2.74. The molecule has 2 N–H and O–H groups in total. The first-order valence-corrected chi connectivity index (χ1v) is 7.34. The van der Waals surface area contributed by atoms with E-state index in [1.165, 1.54) is 5.56 Å². The maximum atomic E-state index is 12.1. The van der Waals surface area contributed by atoms with Crippen LogP contribution in [0.1, 0.15) is 24.8 Å². The molecule has 1 fully saturated rings. The summed E-state index contributed by atoms with van der Waals surface area (Å²) in [5.41, 5.74) is 1.20. The Morgan fingerprint density at radius 2 is 2.00 bits per heavy atom. The molecule has 0 heterocycles. The molecule has 0 aromatic heterocycles. The van der Waals surface area contributed by atoms with Crippen LogP contribution in [0.5, 0.6) is 0 Å². The fourth-order valence-corrected chi connectivity index (χ4v) is 2.66. The molecule has 21 heavy (non-hydrogen) atoms. The number of carboxylic acids is 1. The third-order valence-electron chi connectivity index (χ3n) is 4.03. The molecule has 2 unspecified atom stereocenters. The second kappa shape index (κ2) is 7.11. The molecule has 1 aromatic rings. The highest BCUT2D eigenvalue weighted by atomic mass is 16.4. The lowest BCUT2D eigenvalue weighted by atomic mass is 10.1.